The van der Waals surface area contributed by atoms with E-state index in [9.17, 15) is 9.18 Å². The Labute approximate surface area is 151 Å². The molecule has 1 fully saturated rings. The molecule has 3 rings (SSSR count). The zero-order chi connectivity index (χ0) is 18.4. The molecule has 1 aliphatic rings. The lowest BCUT2D eigenvalue weighted by atomic mass is 10.0. The molecule has 1 N–H and O–H groups in total. The summed E-state index contributed by atoms with van der Waals surface area (Å²) in [5.41, 5.74) is 0.769. The van der Waals surface area contributed by atoms with Crippen LogP contribution in [0.2, 0.25) is 0 Å². The molecule has 0 saturated carbocycles. The molecular weight excluding hydrogens is 339 g/mol. The Morgan fingerprint density at radius 1 is 1.38 bits per heavy atom. The zero-order valence-corrected chi connectivity index (χ0v) is 14.5. The highest BCUT2D eigenvalue weighted by Crippen LogP contribution is 2.18. The SMILES string of the molecule is COc1ccc(C(=O)N[C@@H]2CCOC[C@H]2OCc2ccccn2)c(F)c1. The summed E-state index contributed by atoms with van der Waals surface area (Å²) in [4.78, 5) is 16.7. The van der Waals surface area contributed by atoms with E-state index in [1.54, 1.807) is 12.3 Å². The summed E-state index contributed by atoms with van der Waals surface area (Å²) >= 11 is 0. The van der Waals surface area contributed by atoms with E-state index in [0.29, 0.717) is 32.0 Å². The van der Waals surface area contributed by atoms with Gasteiger partial charge in [0.15, 0.2) is 0 Å². The van der Waals surface area contributed by atoms with Crippen molar-refractivity contribution in [3.05, 3.63) is 59.7 Å². The maximum atomic E-state index is 14.1. The molecule has 1 aromatic heterocycles. The average molecular weight is 360 g/mol. The van der Waals surface area contributed by atoms with Gasteiger partial charge in [-0.25, -0.2) is 4.39 Å². The van der Waals surface area contributed by atoms with E-state index in [-0.39, 0.29) is 17.7 Å². The number of nitrogens with zero attached hydrogens (tertiary/aromatic N) is 1. The number of amides is 1. The van der Waals surface area contributed by atoms with Gasteiger partial charge < -0.3 is 19.5 Å². The van der Waals surface area contributed by atoms with Gasteiger partial charge >= 0.3 is 0 Å². The lowest BCUT2D eigenvalue weighted by Gasteiger charge is -2.32. The summed E-state index contributed by atoms with van der Waals surface area (Å²) in [7, 11) is 1.44. The van der Waals surface area contributed by atoms with Crippen molar-refractivity contribution in [1.82, 2.24) is 10.3 Å². The number of hydrogen-bond donors (Lipinski definition) is 1. The van der Waals surface area contributed by atoms with Gasteiger partial charge in [0.25, 0.3) is 5.91 Å². The molecule has 0 spiro atoms. The highest BCUT2D eigenvalue weighted by atomic mass is 19.1. The molecule has 26 heavy (non-hydrogen) atoms. The van der Waals surface area contributed by atoms with Crippen LogP contribution in [0, 0.1) is 5.82 Å². The number of ether oxygens (including phenoxy) is 3. The number of halogens is 1. The molecule has 0 radical (unpaired) electrons. The molecule has 2 aromatic rings. The summed E-state index contributed by atoms with van der Waals surface area (Å²) in [5, 5.41) is 2.85. The predicted molar refractivity (Wildman–Crippen MR) is 92.5 cm³/mol. The van der Waals surface area contributed by atoms with Crippen LogP contribution in [0.15, 0.2) is 42.6 Å². The largest absolute Gasteiger partial charge is 0.497 e. The summed E-state index contributed by atoms with van der Waals surface area (Å²) in [6.45, 7) is 1.19. The molecule has 1 aliphatic heterocycles. The molecule has 2 heterocycles. The second kappa shape index (κ2) is 8.73. The third kappa shape index (κ3) is 4.56. The monoisotopic (exact) mass is 360 g/mol. The minimum absolute atomic E-state index is 0.0271. The fourth-order valence-corrected chi connectivity index (χ4v) is 2.77. The van der Waals surface area contributed by atoms with Crippen LogP contribution >= 0.6 is 0 Å². The third-order valence-corrected chi connectivity index (χ3v) is 4.21. The van der Waals surface area contributed by atoms with E-state index in [1.165, 1.54) is 19.2 Å². The van der Waals surface area contributed by atoms with Crippen molar-refractivity contribution in [3.63, 3.8) is 0 Å². The first-order valence-corrected chi connectivity index (χ1v) is 8.41. The Balaban J connectivity index is 1.63. The van der Waals surface area contributed by atoms with Gasteiger partial charge in [0, 0.05) is 18.9 Å². The van der Waals surface area contributed by atoms with Crippen LogP contribution in [-0.4, -0.2) is 43.4 Å². The molecule has 6 nitrogen and oxygen atoms in total. The second-order valence-corrected chi connectivity index (χ2v) is 5.96. The molecule has 138 valence electrons. The predicted octanol–water partition coefficient (Wildman–Crippen LogP) is 2.33. The highest BCUT2D eigenvalue weighted by molar-refractivity contribution is 5.94. The Bertz CT molecular complexity index is 742. The average Bonchev–Trinajstić information content (AvgIpc) is 2.68. The maximum Gasteiger partial charge on any atom is 0.254 e. The van der Waals surface area contributed by atoms with Gasteiger partial charge in [-0.1, -0.05) is 6.07 Å². The van der Waals surface area contributed by atoms with Gasteiger partial charge in [-0.05, 0) is 30.7 Å². The van der Waals surface area contributed by atoms with E-state index in [0.717, 1.165) is 5.69 Å². The number of benzene rings is 1. The van der Waals surface area contributed by atoms with E-state index in [4.69, 9.17) is 14.2 Å². The van der Waals surface area contributed by atoms with Gasteiger partial charge in [0.05, 0.1) is 37.6 Å². The van der Waals surface area contributed by atoms with E-state index >= 15 is 0 Å². The van der Waals surface area contributed by atoms with Gasteiger partial charge in [-0.3, -0.25) is 9.78 Å². The zero-order valence-electron chi connectivity index (χ0n) is 14.5. The Hall–Kier alpha value is -2.51. The minimum atomic E-state index is -0.625. The number of rotatable bonds is 6. The standard InChI is InChI=1S/C19H21FN2O4/c1-24-14-5-6-15(16(20)10-14)19(23)22-17-7-9-25-12-18(17)26-11-13-4-2-3-8-21-13/h2-6,8,10,17-18H,7,9,11-12H2,1H3,(H,22,23)/t17-,18-/m1/s1. The fourth-order valence-electron chi connectivity index (χ4n) is 2.77. The normalized spacial score (nSPS) is 19.8. The van der Waals surface area contributed by atoms with Crippen molar-refractivity contribution in [3.8, 4) is 5.75 Å². The molecule has 0 bridgehead atoms. The first kappa shape index (κ1) is 18.3. The van der Waals surface area contributed by atoms with Crippen LogP contribution in [0.5, 0.6) is 5.75 Å². The molecular formula is C19H21FN2O4. The number of methoxy groups -OCH3 is 1. The van der Waals surface area contributed by atoms with Gasteiger partial charge in [0.1, 0.15) is 17.7 Å². The first-order chi connectivity index (χ1) is 12.7. The fraction of sp³-hybridized carbons (Fsp3) is 0.368. The van der Waals surface area contributed by atoms with Crippen LogP contribution in [-0.2, 0) is 16.1 Å². The van der Waals surface area contributed by atoms with Crippen LogP contribution in [0.4, 0.5) is 4.39 Å². The summed E-state index contributed by atoms with van der Waals surface area (Å²) in [6, 6.07) is 9.47. The van der Waals surface area contributed by atoms with Crippen LogP contribution in [0.25, 0.3) is 0 Å². The quantitative estimate of drug-likeness (QED) is 0.856. The number of carbonyl (C=O) groups is 1. The first-order valence-electron chi connectivity index (χ1n) is 8.41. The second-order valence-electron chi connectivity index (χ2n) is 5.96. The number of carbonyl (C=O) groups excluding carboxylic acids is 1. The Kier molecular flexibility index (Phi) is 6.14. The maximum absolute atomic E-state index is 14.1. The van der Waals surface area contributed by atoms with Crippen molar-refractivity contribution in [2.24, 2.45) is 0 Å². The number of pyridine rings is 1. The van der Waals surface area contributed by atoms with Crippen molar-refractivity contribution >= 4 is 5.91 Å². The Morgan fingerprint density at radius 2 is 2.27 bits per heavy atom. The Morgan fingerprint density at radius 3 is 3.00 bits per heavy atom. The molecule has 7 heteroatoms. The minimum Gasteiger partial charge on any atom is -0.497 e. The van der Waals surface area contributed by atoms with Gasteiger partial charge in [-0.15, -0.1) is 0 Å². The van der Waals surface area contributed by atoms with Crippen molar-refractivity contribution < 1.29 is 23.4 Å². The molecule has 2 atom stereocenters. The van der Waals surface area contributed by atoms with Crippen LogP contribution in [0.1, 0.15) is 22.5 Å². The van der Waals surface area contributed by atoms with E-state index in [1.807, 2.05) is 18.2 Å². The van der Waals surface area contributed by atoms with Gasteiger partial charge in [-0.2, -0.15) is 0 Å². The lowest BCUT2D eigenvalue weighted by molar-refractivity contribution is -0.0743. The highest BCUT2D eigenvalue weighted by Gasteiger charge is 2.29. The summed E-state index contributed by atoms with van der Waals surface area (Å²) < 4.78 is 30.4. The van der Waals surface area contributed by atoms with E-state index in [2.05, 4.69) is 10.3 Å². The molecule has 0 aliphatic carbocycles. The molecule has 1 amide bonds. The number of hydrogen-bond acceptors (Lipinski definition) is 5. The third-order valence-electron chi connectivity index (χ3n) is 4.21. The van der Waals surface area contributed by atoms with Crippen LogP contribution < -0.4 is 10.1 Å². The number of aromatic nitrogens is 1. The summed E-state index contributed by atoms with van der Waals surface area (Å²) in [5.74, 6) is -0.745. The van der Waals surface area contributed by atoms with Gasteiger partial charge in [0.2, 0.25) is 0 Å². The van der Waals surface area contributed by atoms with Crippen LogP contribution in [0.3, 0.4) is 0 Å². The van der Waals surface area contributed by atoms with Crippen molar-refractivity contribution in [2.45, 2.75) is 25.2 Å². The lowest BCUT2D eigenvalue weighted by Crippen LogP contribution is -2.50. The molecule has 0 unspecified atom stereocenters. The molecule has 1 saturated heterocycles. The van der Waals surface area contributed by atoms with E-state index < -0.39 is 11.7 Å². The smallest absolute Gasteiger partial charge is 0.254 e. The van der Waals surface area contributed by atoms with Crippen molar-refractivity contribution in [2.75, 3.05) is 20.3 Å². The summed E-state index contributed by atoms with van der Waals surface area (Å²) in [6.07, 6.45) is 1.97. The topological polar surface area (TPSA) is 69.7 Å². The van der Waals surface area contributed by atoms with Crippen molar-refractivity contribution in [1.29, 1.82) is 0 Å². The number of nitrogens with one attached hydrogen (secondary N) is 1. The molecule has 1 aromatic carbocycles.